The molecule has 0 fully saturated rings. The Balaban J connectivity index is 3.34. The molecule has 0 amide bonds. The summed E-state index contributed by atoms with van der Waals surface area (Å²) in [6.45, 7) is 0. The Labute approximate surface area is 78.9 Å². The summed E-state index contributed by atoms with van der Waals surface area (Å²) in [7, 11) is 0. The number of hydrogen-bond acceptors (Lipinski definition) is 2. The third kappa shape index (κ3) is 1.54. The van der Waals surface area contributed by atoms with Crippen LogP contribution in [0.15, 0.2) is 18.2 Å². The fraction of sp³-hybridized carbons (Fsp3) is 0.111. The lowest BCUT2D eigenvalue weighted by molar-refractivity contribution is 0.112. The van der Waals surface area contributed by atoms with E-state index in [1.807, 2.05) is 12.1 Å². The van der Waals surface area contributed by atoms with Gasteiger partial charge < -0.3 is 0 Å². The first-order valence-corrected chi connectivity index (χ1v) is 4.48. The molecule has 0 aliphatic rings. The highest BCUT2D eigenvalue weighted by atomic mass is 79.9. The predicted octanol–water partition coefficient (Wildman–Crippen LogP) is 2.27. The maximum Gasteiger partial charge on any atom is 0.151 e. The van der Waals surface area contributed by atoms with Crippen molar-refractivity contribution < 1.29 is 4.79 Å². The standard InChI is InChI=1S/C9H6BrNO/c10-4-7-2-1-3-8(6-12)9(7)5-11/h1-3,6H,4H2. The third-order valence-corrected chi connectivity index (χ3v) is 2.17. The Morgan fingerprint density at radius 2 is 2.33 bits per heavy atom. The van der Waals surface area contributed by atoms with Gasteiger partial charge in [-0.25, -0.2) is 0 Å². The van der Waals surface area contributed by atoms with Crippen molar-refractivity contribution in [3.63, 3.8) is 0 Å². The molecule has 0 radical (unpaired) electrons. The van der Waals surface area contributed by atoms with E-state index >= 15 is 0 Å². The molecule has 0 aliphatic heterocycles. The zero-order valence-corrected chi connectivity index (χ0v) is 7.84. The van der Waals surface area contributed by atoms with Gasteiger partial charge in [-0.15, -0.1) is 0 Å². The van der Waals surface area contributed by atoms with Crippen molar-refractivity contribution >= 4 is 22.2 Å². The fourth-order valence-electron chi connectivity index (χ4n) is 0.966. The van der Waals surface area contributed by atoms with Crippen LogP contribution >= 0.6 is 15.9 Å². The second kappa shape index (κ2) is 4.03. The van der Waals surface area contributed by atoms with E-state index in [9.17, 15) is 4.79 Å². The molecule has 12 heavy (non-hydrogen) atoms. The molecule has 0 atom stereocenters. The molecular formula is C9H6BrNO. The van der Waals surface area contributed by atoms with Gasteiger partial charge in [0.2, 0.25) is 0 Å². The van der Waals surface area contributed by atoms with Crippen LogP contribution in [-0.2, 0) is 5.33 Å². The second-order valence-corrected chi connectivity index (χ2v) is 2.81. The smallest absolute Gasteiger partial charge is 0.151 e. The number of aldehydes is 1. The number of nitriles is 1. The molecule has 1 rings (SSSR count). The Kier molecular flexibility index (Phi) is 3.01. The maximum atomic E-state index is 10.5. The van der Waals surface area contributed by atoms with Gasteiger partial charge in [-0.2, -0.15) is 5.26 Å². The van der Waals surface area contributed by atoms with Crippen molar-refractivity contribution in [2.45, 2.75) is 5.33 Å². The summed E-state index contributed by atoms with van der Waals surface area (Å²) in [4.78, 5) is 10.5. The van der Waals surface area contributed by atoms with E-state index in [4.69, 9.17) is 5.26 Å². The average molecular weight is 224 g/mol. The predicted molar refractivity (Wildman–Crippen MR) is 49.2 cm³/mol. The molecular weight excluding hydrogens is 218 g/mol. The van der Waals surface area contributed by atoms with Crippen molar-refractivity contribution in [3.8, 4) is 6.07 Å². The topological polar surface area (TPSA) is 40.9 Å². The summed E-state index contributed by atoms with van der Waals surface area (Å²) in [5.41, 5.74) is 1.76. The van der Waals surface area contributed by atoms with Gasteiger partial charge in [-0.3, -0.25) is 4.79 Å². The van der Waals surface area contributed by atoms with Crippen molar-refractivity contribution in [2.24, 2.45) is 0 Å². The van der Waals surface area contributed by atoms with Gasteiger partial charge in [-0.05, 0) is 5.56 Å². The zero-order valence-electron chi connectivity index (χ0n) is 6.25. The molecule has 0 aromatic heterocycles. The number of rotatable bonds is 2. The molecule has 0 saturated heterocycles. The summed E-state index contributed by atoms with van der Waals surface area (Å²) in [6.07, 6.45) is 0.699. The van der Waals surface area contributed by atoms with Crippen LogP contribution in [0.1, 0.15) is 21.5 Å². The van der Waals surface area contributed by atoms with Gasteiger partial charge in [0.1, 0.15) is 6.07 Å². The van der Waals surface area contributed by atoms with Crippen LogP contribution in [0.2, 0.25) is 0 Å². The van der Waals surface area contributed by atoms with Crippen LogP contribution in [0.3, 0.4) is 0 Å². The van der Waals surface area contributed by atoms with Gasteiger partial charge in [0, 0.05) is 10.9 Å². The highest BCUT2D eigenvalue weighted by molar-refractivity contribution is 9.08. The molecule has 1 aromatic rings. The van der Waals surface area contributed by atoms with E-state index in [1.54, 1.807) is 12.1 Å². The van der Waals surface area contributed by atoms with Crippen LogP contribution in [0, 0.1) is 11.3 Å². The number of carbonyl (C=O) groups is 1. The van der Waals surface area contributed by atoms with E-state index in [2.05, 4.69) is 15.9 Å². The van der Waals surface area contributed by atoms with Gasteiger partial charge in [0.15, 0.2) is 6.29 Å². The first kappa shape index (κ1) is 8.95. The summed E-state index contributed by atoms with van der Waals surface area (Å²) in [5.74, 6) is 0. The summed E-state index contributed by atoms with van der Waals surface area (Å²) >= 11 is 3.25. The monoisotopic (exact) mass is 223 g/mol. The molecule has 0 saturated carbocycles. The number of alkyl halides is 1. The largest absolute Gasteiger partial charge is 0.298 e. The van der Waals surface area contributed by atoms with E-state index in [1.165, 1.54) is 0 Å². The van der Waals surface area contributed by atoms with Gasteiger partial charge in [0.25, 0.3) is 0 Å². The van der Waals surface area contributed by atoms with Gasteiger partial charge in [-0.1, -0.05) is 34.1 Å². The van der Waals surface area contributed by atoms with E-state index < -0.39 is 0 Å². The van der Waals surface area contributed by atoms with E-state index in [-0.39, 0.29) is 0 Å². The minimum absolute atomic E-state index is 0.453. The fourth-order valence-corrected chi connectivity index (χ4v) is 1.43. The number of benzene rings is 1. The molecule has 0 aliphatic carbocycles. The number of nitrogens with zero attached hydrogens (tertiary/aromatic N) is 1. The minimum atomic E-state index is 0.453. The first-order chi connectivity index (χ1) is 5.83. The lowest BCUT2D eigenvalue weighted by Crippen LogP contribution is -1.92. The van der Waals surface area contributed by atoms with Crippen LogP contribution < -0.4 is 0 Å². The lowest BCUT2D eigenvalue weighted by atomic mass is 10.0. The zero-order chi connectivity index (χ0) is 8.97. The van der Waals surface area contributed by atoms with Crippen molar-refractivity contribution in [1.82, 2.24) is 0 Å². The highest BCUT2D eigenvalue weighted by Crippen LogP contribution is 2.14. The molecule has 0 heterocycles. The molecule has 60 valence electrons. The van der Waals surface area contributed by atoms with Crippen LogP contribution in [0.25, 0.3) is 0 Å². The Morgan fingerprint density at radius 1 is 1.58 bits per heavy atom. The average Bonchev–Trinajstić information content (AvgIpc) is 2.16. The maximum absolute atomic E-state index is 10.5. The van der Waals surface area contributed by atoms with Crippen LogP contribution in [0.4, 0.5) is 0 Å². The molecule has 1 aromatic carbocycles. The van der Waals surface area contributed by atoms with Crippen molar-refractivity contribution in [2.75, 3.05) is 0 Å². The normalized spacial score (nSPS) is 9.00. The number of halogens is 1. The minimum Gasteiger partial charge on any atom is -0.298 e. The Hall–Kier alpha value is -1.14. The van der Waals surface area contributed by atoms with E-state index in [0.29, 0.717) is 22.7 Å². The second-order valence-electron chi connectivity index (χ2n) is 2.24. The Morgan fingerprint density at radius 3 is 2.83 bits per heavy atom. The Bertz CT molecular complexity index is 341. The quantitative estimate of drug-likeness (QED) is 0.571. The molecule has 2 nitrogen and oxygen atoms in total. The number of hydrogen-bond donors (Lipinski definition) is 0. The van der Waals surface area contributed by atoms with Gasteiger partial charge in [0.05, 0.1) is 5.56 Å². The first-order valence-electron chi connectivity index (χ1n) is 3.36. The van der Waals surface area contributed by atoms with Crippen molar-refractivity contribution in [3.05, 3.63) is 34.9 Å². The molecule has 0 unspecified atom stereocenters. The van der Waals surface area contributed by atoms with Crippen molar-refractivity contribution in [1.29, 1.82) is 5.26 Å². The molecule has 0 bridgehead atoms. The van der Waals surface area contributed by atoms with E-state index in [0.717, 1.165) is 5.56 Å². The summed E-state index contributed by atoms with van der Waals surface area (Å²) < 4.78 is 0. The third-order valence-electron chi connectivity index (χ3n) is 1.57. The van der Waals surface area contributed by atoms with Crippen LogP contribution in [0.5, 0.6) is 0 Å². The van der Waals surface area contributed by atoms with Gasteiger partial charge >= 0.3 is 0 Å². The lowest BCUT2D eigenvalue weighted by Gasteiger charge is -2.00. The van der Waals surface area contributed by atoms with Crippen LogP contribution in [-0.4, -0.2) is 6.29 Å². The molecule has 3 heteroatoms. The SMILES string of the molecule is N#Cc1c(C=O)cccc1CBr. The molecule has 0 N–H and O–H groups in total. The summed E-state index contributed by atoms with van der Waals surface area (Å²) in [5, 5.41) is 9.33. The number of carbonyl (C=O) groups excluding carboxylic acids is 1. The molecule has 0 spiro atoms. The highest BCUT2D eigenvalue weighted by Gasteiger charge is 2.04. The summed E-state index contributed by atoms with van der Waals surface area (Å²) in [6, 6.07) is 7.23.